The molecule has 0 radical (unpaired) electrons. The van der Waals surface area contributed by atoms with Gasteiger partial charge in [-0.2, -0.15) is 0 Å². The molecule has 0 saturated carbocycles. The van der Waals surface area contributed by atoms with Crippen LogP contribution in [0.25, 0.3) is 99.8 Å². The average molecular weight is 1440 g/mol. The zero-order valence-corrected chi connectivity index (χ0v) is 63.4. The summed E-state index contributed by atoms with van der Waals surface area (Å²) in [6.45, 7) is 9.54. The molecule has 17 aromatic carbocycles. The van der Waals surface area contributed by atoms with Gasteiger partial charge in [0.2, 0.25) is 0 Å². The zero-order chi connectivity index (χ0) is 75.3. The fourth-order valence-electron chi connectivity index (χ4n) is 20.8. The highest BCUT2D eigenvalue weighted by Crippen LogP contribution is 2.61. The van der Waals surface area contributed by atoms with Crippen molar-refractivity contribution in [3.63, 3.8) is 0 Å². The summed E-state index contributed by atoms with van der Waals surface area (Å²) in [5.74, 6) is 0. The van der Waals surface area contributed by atoms with Gasteiger partial charge in [0.25, 0.3) is 0 Å². The first-order valence-electron chi connectivity index (χ1n) is 39.6. The van der Waals surface area contributed by atoms with Crippen molar-refractivity contribution in [1.82, 2.24) is 0 Å². The van der Waals surface area contributed by atoms with Crippen molar-refractivity contribution >= 4 is 56.1 Å². The van der Waals surface area contributed by atoms with Gasteiger partial charge >= 0.3 is 0 Å². The smallest absolute Gasteiger partial charge is 0.143 e. The van der Waals surface area contributed by atoms with E-state index in [1.165, 1.54) is 134 Å². The summed E-state index contributed by atoms with van der Waals surface area (Å²) in [5, 5.41) is 2.10. The molecule has 3 nitrogen and oxygen atoms in total. The van der Waals surface area contributed by atoms with Gasteiger partial charge in [-0.3, -0.25) is 0 Å². The fourth-order valence-corrected chi connectivity index (χ4v) is 20.8. The summed E-state index contributed by atoms with van der Waals surface area (Å²) in [4.78, 5) is 4.93. The summed E-state index contributed by atoms with van der Waals surface area (Å²) in [5.41, 5.74) is 38.9. The van der Waals surface area contributed by atoms with Gasteiger partial charge in [-0.15, -0.1) is 0 Å². The van der Waals surface area contributed by atoms with Crippen LogP contribution in [0, 0.1) is 0 Å². The maximum Gasteiger partial charge on any atom is 0.143 e. The van der Waals surface area contributed by atoms with Gasteiger partial charge in [0.15, 0.2) is 0 Å². The Labute approximate surface area is 660 Å². The molecule has 113 heavy (non-hydrogen) atoms. The Morgan fingerprint density at radius 1 is 0.204 bits per heavy atom. The van der Waals surface area contributed by atoms with E-state index in [0.29, 0.717) is 0 Å². The lowest BCUT2D eigenvalue weighted by Gasteiger charge is -2.35. The van der Waals surface area contributed by atoms with Crippen molar-refractivity contribution in [2.75, 3.05) is 9.80 Å². The molecule has 1 atom stereocenters. The van der Waals surface area contributed by atoms with Crippen molar-refractivity contribution in [3.05, 3.63) is 467 Å². The average Bonchev–Trinajstić information content (AvgIpc) is 1.54. The van der Waals surface area contributed by atoms with E-state index in [9.17, 15) is 0 Å². The Balaban J connectivity index is 0.679. The molecule has 3 heteroatoms. The molecule has 1 heterocycles. The summed E-state index contributed by atoms with van der Waals surface area (Å²) >= 11 is 0. The minimum atomic E-state index is -0.693. The van der Waals surface area contributed by atoms with Crippen molar-refractivity contribution < 1.29 is 4.42 Å². The Hall–Kier alpha value is -13.9. The molecule has 0 saturated heterocycles. The minimum absolute atomic E-state index is 0.171. The summed E-state index contributed by atoms with van der Waals surface area (Å²) in [6, 6.07) is 150. The van der Waals surface area contributed by atoms with E-state index < -0.39 is 10.8 Å². The number of anilines is 6. The quantitative estimate of drug-likeness (QED) is 0.115. The highest BCUT2D eigenvalue weighted by atomic mass is 16.3. The standard InChI is InChI=1S/C110H78N2O/c1-107(2)97-52-21-17-44-89(97)93-49-27-46-84(104(93)107)72-30-25-40-79(66-72)111(78-38-15-8-16-39-78)82-60-63-92-88-43-20-24-55-100(88)110(102(92)69-82,76-36-13-7-14-37-76)77-58-56-71(57-59-77)86-48-29-51-95-96-68-81(62-65-103(96)113-106(86)95)112(80-41-26-31-73(67-80)85-47-28-50-94-90-45-18-22-53-98(90)108(3,4)105(85)94)83-61-64-91-87-42-19-23-54-99(87)109(101(91)70-83,74-32-9-5-10-33-74)75-34-11-6-12-35-75/h5-70H,1-4H3. The lowest BCUT2D eigenvalue weighted by atomic mass is 9.67. The number of hydrogen-bond donors (Lipinski definition) is 0. The first kappa shape index (κ1) is 66.2. The van der Waals surface area contributed by atoms with Crippen LogP contribution in [0.1, 0.15) is 94.5 Å². The van der Waals surface area contributed by atoms with Crippen LogP contribution in [0.15, 0.2) is 405 Å². The van der Waals surface area contributed by atoms with Gasteiger partial charge in [0.05, 0.1) is 10.8 Å². The first-order valence-corrected chi connectivity index (χ1v) is 39.6. The second-order valence-electron chi connectivity index (χ2n) is 32.1. The van der Waals surface area contributed by atoms with Crippen molar-refractivity contribution in [3.8, 4) is 77.9 Å². The Morgan fingerprint density at radius 3 is 1.03 bits per heavy atom. The van der Waals surface area contributed by atoms with Gasteiger partial charge < -0.3 is 14.2 Å². The first-order chi connectivity index (χ1) is 55.6. The molecular formula is C110H78N2O. The molecule has 4 aliphatic carbocycles. The fraction of sp³-hybridized carbons (Fsp3) is 0.0727. The van der Waals surface area contributed by atoms with E-state index in [2.05, 4.69) is 438 Å². The van der Waals surface area contributed by atoms with Crippen LogP contribution >= 0.6 is 0 Å². The predicted octanol–water partition coefficient (Wildman–Crippen LogP) is 28.9. The number of fused-ring (bicyclic) bond motifs is 15. The molecule has 0 fully saturated rings. The second-order valence-corrected chi connectivity index (χ2v) is 32.1. The Kier molecular flexibility index (Phi) is 14.8. The molecule has 0 spiro atoms. The highest BCUT2D eigenvalue weighted by molar-refractivity contribution is 6.11. The van der Waals surface area contributed by atoms with E-state index in [1.807, 2.05) is 0 Å². The third-order valence-corrected chi connectivity index (χ3v) is 25.6. The molecule has 0 amide bonds. The van der Waals surface area contributed by atoms with Crippen molar-refractivity contribution in [2.24, 2.45) is 0 Å². The Morgan fingerprint density at radius 2 is 0.540 bits per heavy atom. The molecule has 1 aromatic heterocycles. The number of rotatable bonds is 13. The van der Waals surface area contributed by atoms with Gasteiger partial charge in [0.1, 0.15) is 11.2 Å². The van der Waals surface area contributed by atoms with Crippen LogP contribution in [0.5, 0.6) is 0 Å². The number of hydrogen-bond acceptors (Lipinski definition) is 3. The van der Waals surface area contributed by atoms with E-state index in [1.54, 1.807) is 0 Å². The van der Waals surface area contributed by atoms with E-state index in [0.717, 1.165) is 67.2 Å². The molecule has 4 aliphatic rings. The molecule has 18 aromatic rings. The second kappa shape index (κ2) is 25.3. The van der Waals surface area contributed by atoms with E-state index in [4.69, 9.17) is 4.42 Å². The molecule has 0 aliphatic heterocycles. The summed E-state index contributed by atoms with van der Waals surface area (Å²) in [6.07, 6.45) is 0. The normalized spacial score (nSPS) is 15.2. The Bertz CT molecular complexity index is 6830. The van der Waals surface area contributed by atoms with E-state index >= 15 is 0 Å². The number of para-hydroxylation sites is 2. The summed E-state index contributed by atoms with van der Waals surface area (Å²) in [7, 11) is 0. The number of benzene rings is 17. The SMILES string of the molecule is CC1(C)c2ccccc2-c2cccc(-c3cccc(N(c4ccccc4)c4ccc5c(c4)C(c4ccccc4)(c4ccc(-c6cccc7c6oc6ccc(N(c8cccc(-c9cccc%10c9C(C)(C)c9ccccc9-%10)c8)c8ccc9c(c8)C(c8ccccc8)(c8ccccc8)c8ccccc8-9)cc67)cc4)c4ccccc4-5)c3)c21. The third-order valence-electron chi connectivity index (χ3n) is 25.6. The predicted molar refractivity (Wildman–Crippen MR) is 469 cm³/mol. The van der Waals surface area contributed by atoms with Crippen LogP contribution in [0.4, 0.5) is 34.1 Å². The molecule has 0 N–H and O–H groups in total. The van der Waals surface area contributed by atoms with Gasteiger partial charge in [0, 0.05) is 61.3 Å². The maximum atomic E-state index is 7.24. The molecule has 22 rings (SSSR count). The van der Waals surface area contributed by atoms with Crippen LogP contribution in [0.3, 0.4) is 0 Å². The van der Waals surface area contributed by atoms with Gasteiger partial charge in [-0.1, -0.05) is 349 Å². The largest absolute Gasteiger partial charge is 0.455 e. The van der Waals surface area contributed by atoms with Gasteiger partial charge in [-0.25, -0.2) is 0 Å². The third kappa shape index (κ3) is 9.74. The highest BCUT2D eigenvalue weighted by Gasteiger charge is 2.49. The van der Waals surface area contributed by atoms with E-state index in [-0.39, 0.29) is 10.8 Å². The molecule has 1 unspecified atom stereocenters. The minimum Gasteiger partial charge on any atom is -0.455 e. The zero-order valence-electron chi connectivity index (χ0n) is 63.4. The van der Waals surface area contributed by atoms with Crippen LogP contribution in [-0.4, -0.2) is 0 Å². The van der Waals surface area contributed by atoms with Crippen LogP contribution in [-0.2, 0) is 21.7 Å². The lowest BCUT2D eigenvalue weighted by Crippen LogP contribution is -2.28. The van der Waals surface area contributed by atoms with Crippen molar-refractivity contribution in [2.45, 2.75) is 49.4 Å². The lowest BCUT2D eigenvalue weighted by molar-refractivity contribution is 0.662. The number of nitrogens with zero attached hydrogens (tertiary/aromatic N) is 2. The summed E-state index contributed by atoms with van der Waals surface area (Å²) < 4.78 is 7.24. The molecular weight excluding hydrogens is 1370 g/mol. The van der Waals surface area contributed by atoms with Gasteiger partial charge in [-0.05, 0) is 218 Å². The number of furan rings is 1. The monoisotopic (exact) mass is 1440 g/mol. The molecule has 0 bridgehead atoms. The maximum absolute atomic E-state index is 7.24. The topological polar surface area (TPSA) is 19.6 Å². The van der Waals surface area contributed by atoms with Crippen molar-refractivity contribution in [1.29, 1.82) is 0 Å². The van der Waals surface area contributed by atoms with Crippen LogP contribution < -0.4 is 9.80 Å². The molecule has 534 valence electrons. The van der Waals surface area contributed by atoms with Crippen LogP contribution in [0.2, 0.25) is 0 Å².